The van der Waals surface area contributed by atoms with Gasteiger partial charge in [0.2, 0.25) is 0 Å². The van der Waals surface area contributed by atoms with E-state index in [1.165, 1.54) is 0 Å². The van der Waals surface area contributed by atoms with E-state index in [4.69, 9.17) is 20.9 Å². The minimum atomic E-state index is -4.46. The van der Waals surface area contributed by atoms with E-state index in [2.05, 4.69) is 15.9 Å². The largest absolute Gasteiger partial charge is 0.497 e. The van der Waals surface area contributed by atoms with Crippen molar-refractivity contribution in [2.75, 3.05) is 0 Å². The molecule has 0 unspecified atom stereocenters. The molecule has 0 N–H and O–H groups in total. The Labute approximate surface area is 135 Å². The molecule has 2 rings (SSSR count). The number of alkyl halides is 3. The van der Waals surface area contributed by atoms with E-state index < -0.39 is 30.1 Å². The van der Waals surface area contributed by atoms with Crippen molar-refractivity contribution in [3.8, 4) is 0 Å². The molecule has 2 nitrogen and oxygen atoms in total. The Morgan fingerprint density at radius 2 is 1.57 bits per heavy atom. The van der Waals surface area contributed by atoms with Crippen molar-refractivity contribution in [1.29, 1.82) is 0 Å². The molecule has 8 heteroatoms. The summed E-state index contributed by atoms with van der Waals surface area (Å²) in [6.07, 6.45) is -4.46. The van der Waals surface area contributed by atoms with Crippen LogP contribution in [0.4, 0.5) is 13.2 Å². The smallest absolute Gasteiger partial charge is 0.399 e. The summed E-state index contributed by atoms with van der Waals surface area (Å²) in [7, 11) is -0.820. The summed E-state index contributed by atoms with van der Waals surface area (Å²) in [4.78, 5) is 0. The quantitative estimate of drug-likeness (QED) is 0.667. The van der Waals surface area contributed by atoms with Gasteiger partial charge in [-0.3, -0.25) is 0 Å². The maximum Gasteiger partial charge on any atom is 0.497 e. The predicted molar refractivity (Wildman–Crippen MR) is 79.9 cm³/mol. The predicted octanol–water partition coefficient (Wildman–Crippen LogP) is 4.42. The zero-order chi connectivity index (χ0) is 16.2. The molecule has 0 saturated carbocycles. The molecule has 1 aromatic rings. The Hall–Kier alpha value is -0.235. The minimum Gasteiger partial charge on any atom is -0.399 e. The van der Waals surface area contributed by atoms with Crippen LogP contribution < -0.4 is 5.46 Å². The summed E-state index contributed by atoms with van der Waals surface area (Å²) < 4.78 is 50.1. The maximum atomic E-state index is 12.8. The fraction of sp³-hybridized carbons (Fsp3) is 0.538. The summed E-state index contributed by atoms with van der Waals surface area (Å²) >= 11 is 9.15. The van der Waals surface area contributed by atoms with Gasteiger partial charge in [0.1, 0.15) is 0 Å². The van der Waals surface area contributed by atoms with Gasteiger partial charge in [0.25, 0.3) is 0 Å². The molecule has 0 aliphatic carbocycles. The molecule has 0 bridgehead atoms. The third-order valence-electron chi connectivity index (χ3n) is 3.90. The summed E-state index contributed by atoms with van der Waals surface area (Å²) in [6.45, 7) is 7.44. The second-order valence-corrected chi connectivity index (χ2v) is 7.20. The third-order valence-corrected chi connectivity index (χ3v) is 4.86. The van der Waals surface area contributed by atoms with Gasteiger partial charge in [0.05, 0.1) is 16.8 Å². The third kappa shape index (κ3) is 3.11. The Balaban J connectivity index is 2.44. The fourth-order valence-corrected chi connectivity index (χ4v) is 3.00. The fourth-order valence-electron chi connectivity index (χ4n) is 1.93. The minimum absolute atomic E-state index is 0.0461. The molecule has 0 radical (unpaired) electrons. The molecular weight excluding hydrogens is 371 g/mol. The molecular formula is C13H14BBrClF3O2. The van der Waals surface area contributed by atoms with Crippen LogP contribution in [0.25, 0.3) is 0 Å². The number of hydrogen-bond donors (Lipinski definition) is 0. The lowest BCUT2D eigenvalue weighted by atomic mass is 9.78. The van der Waals surface area contributed by atoms with Gasteiger partial charge in [-0.1, -0.05) is 27.5 Å². The normalized spacial score (nSPS) is 20.9. The van der Waals surface area contributed by atoms with Crippen LogP contribution in [-0.4, -0.2) is 18.3 Å². The van der Waals surface area contributed by atoms with Gasteiger partial charge in [-0.25, -0.2) is 0 Å². The van der Waals surface area contributed by atoms with Crippen molar-refractivity contribution in [2.45, 2.75) is 45.1 Å². The molecule has 0 aromatic heterocycles. The number of benzene rings is 1. The highest BCUT2D eigenvalue weighted by Crippen LogP contribution is 2.39. The highest BCUT2D eigenvalue weighted by Gasteiger charge is 2.53. The van der Waals surface area contributed by atoms with Crippen molar-refractivity contribution in [1.82, 2.24) is 0 Å². The highest BCUT2D eigenvalue weighted by molar-refractivity contribution is 9.10. The number of rotatable bonds is 1. The van der Waals surface area contributed by atoms with Crippen molar-refractivity contribution in [2.24, 2.45) is 0 Å². The SMILES string of the molecule is CC1(C)OB(c2c(Cl)cc(C(F)(F)F)cc2Br)OC1(C)C. The lowest BCUT2D eigenvalue weighted by molar-refractivity contribution is -0.137. The number of hydrogen-bond acceptors (Lipinski definition) is 2. The van der Waals surface area contributed by atoms with E-state index in [1.54, 1.807) is 0 Å². The molecule has 1 aliphatic rings. The first-order chi connectivity index (χ1) is 9.35. The van der Waals surface area contributed by atoms with Crippen molar-refractivity contribution in [3.05, 3.63) is 27.2 Å². The summed E-state index contributed by atoms with van der Waals surface area (Å²) in [6, 6.07) is 1.86. The second-order valence-electron chi connectivity index (χ2n) is 5.94. The van der Waals surface area contributed by atoms with Crippen LogP contribution in [0.3, 0.4) is 0 Å². The first-order valence-corrected chi connectivity index (χ1v) is 7.44. The van der Waals surface area contributed by atoms with Gasteiger partial charge >= 0.3 is 13.3 Å². The van der Waals surface area contributed by atoms with Crippen molar-refractivity contribution < 1.29 is 22.5 Å². The van der Waals surface area contributed by atoms with Crippen LogP contribution in [0, 0.1) is 0 Å². The van der Waals surface area contributed by atoms with Gasteiger partial charge in [0.15, 0.2) is 0 Å². The summed E-state index contributed by atoms with van der Waals surface area (Å²) in [5.74, 6) is 0. The van der Waals surface area contributed by atoms with Gasteiger partial charge in [-0.15, -0.1) is 0 Å². The molecule has 0 spiro atoms. The van der Waals surface area contributed by atoms with Crippen LogP contribution in [0.15, 0.2) is 16.6 Å². The molecule has 1 aromatic carbocycles. The van der Waals surface area contributed by atoms with E-state index in [0.717, 1.165) is 12.1 Å². The summed E-state index contributed by atoms with van der Waals surface area (Å²) in [5, 5.41) is -0.0461. The van der Waals surface area contributed by atoms with Gasteiger partial charge < -0.3 is 9.31 Å². The molecule has 0 amide bonds. The molecule has 1 heterocycles. The van der Waals surface area contributed by atoms with Crippen molar-refractivity contribution >= 4 is 40.1 Å². The lowest BCUT2D eigenvalue weighted by Gasteiger charge is -2.32. The van der Waals surface area contributed by atoms with Gasteiger partial charge in [0, 0.05) is 15.0 Å². The van der Waals surface area contributed by atoms with Gasteiger partial charge in [-0.2, -0.15) is 13.2 Å². The first kappa shape index (κ1) is 17.1. The van der Waals surface area contributed by atoms with Crippen LogP contribution in [0.1, 0.15) is 33.3 Å². The Morgan fingerprint density at radius 1 is 1.10 bits per heavy atom. The highest BCUT2D eigenvalue weighted by atomic mass is 79.9. The Kier molecular flexibility index (Phi) is 4.20. The number of halogens is 5. The average Bonchev–Trinajstić information content (AvgIpc) is 2.45. The Bertz CT molecular complexity index is 536. The summed E-state index contributed by atoms with van der Waals surface area (Å²) in [5.41, 5.74) is -1.64. The zero-order valence-electron chi connectivity index (χ0n) is 11.9. The topological polar surface area (TPSA) is 18.5 Å². The van der Waals surface area contributed by atoms with Crippen LogP contribution in [-0.2, 0) is 15.5 Å². The van der Waals surface area contributed by atoms with Crippen LogP contribution in [0.5, 0.6) is 0 Å². The first-order valence-electron chi connectivity index (χ1n) is 6.27. The molecule has 21 heavy (non-hydrogen) atoms. The molecule has 116 valence electrons. The monoisotopic (exact) mass is 384 g/mol. The molecule has 1 aliphatic heterocycles. The van der Waals surface area contributed by atoms with E-state index in [9.17, 15) is 13.2 Å². The van der Waals surface area contributed by atoms with Gasteiger partial charge in [-0.05, 0) is 39.8 Å². The Morgan fingerprint density at radius 3 is 1.95 bits per heavy atom. The van der Waals surface area contributed by atoms with E-state index in [1.807, 2.05) is 27.7 Å². The second kappa shape index (κ2) is 5.15. The molecule has 1 saturated heterocycles. The molecule has 0 atom stereocenters. The van der Waals surface area contributed by atoms with Crippen LogP contribution in [0.2, 0.25) is 5.02 Å². The van der Waals surface area contributed by atoms with Crippen molar-refractivity contribution in [3.63, 3.8) is 0 Å². The lowest BCUT2D eigenvalue weighted by Crippen LogP contribution is -2.41. The maximum absolute atomic E-state index is 12.8. The van der Waals surface area contributed by atoms with E-state index in [0.29, 0.717) is 5.46 Å². The van der Waals surface area contributed by atoms with E-state index >= 15 is 0 Å². The standard InChI is InChI=1S/C13H14BBrClF3O2/c1-11(2)12(3,4)21-14(20-11)10-8(15)5-7(6-9(10)16)13(17,18)19/h5-6H,1-4H3. The van der Waals surface area contributed by atoms with E-state index in [-0.39, 0.29) is 9.50 Å². The average molecular weight is 385 g/mol. The molecule has 1 fully saturated rings. The van der Waals surface area contributed by atoms with Crippen LogP contribution >= 0.6 is 27.5 Å². The zero-order valence-corrected chi connectivity index (χ0v) is 14.3.